The molecule has 0 saturated carbocycles. The fourth-order valence-corrected chi connectivity index (χ4v) is 2.41. The monoisotopic (exact) mass is 350 g/mol. The number of nitrogens with one attached hydrogen (secondary N) is 1. The Morgan fingerprint density at radius 1 is 0.808 bits per heavy atom. The molecule has 0 atom stereocenters. The number of rotatable bonds is 9. The maximum Gasteiger partial charge on any atom is 0.161 e. The van der Waals surface area contributed by atoms with Crippen molar-refractivity contribution in [3.63, 3.8) is 0 Å². The number of hydrogen-bond acceptors (Lipinski definition) is 5. The topological polar surface area (TPSA) is 52.6 Å². The highest BCUT2D eigenvalue weighted by atomic mass is 16.5. The van der Waals surface area contributed by atoms with Crippen molar-refractivity contribution in [1.29, 1.82) is 0 Å². The molecule has 3 aromatic rings. The van der Waals surface area contributed by atoms with Crippen molar-refractivity contribution in [2.45, 2.75) is 6.54 Å². The normalized spacial score (nSPS) is 10.2. The lowest BCUT2D eigenvalue weighted by atomic mass is 10.2. The number of hydrogen-bond donors (Lipinski definition) is 1. The third kappa shape index (κ3) is 5.14. The highest BCUT2D eigenvalue weighted by Gasteiger charge is 2.02. The largest absolute Gasteiger partial charge is 0.493 e. The molecule has 0 bridgehead atoms. The number of nitrogens with zero attached hydrogens (tertiary/aromatic N) is 1. The molecular weight excluding hydrogens is 328 g/mol. The molecule has 0 aliphatic heterocycles. The van der Waals surface area contributed by atoms with E-state index < -0.39 is 0 Å². The first-order valence-electron chi connectivity index (χ1n) is 8.47. The minimum atomic E-state index is 0.448. The number of aromatic nitrogens is 1. The molecule has 0 spiro atoms. The van der Waals surface area contributed by atoms with Gasteiger partial charge in [0.15, 0.2) is 11.5 Å². The molecule has 0 saturated heterocycles. The van der Waals surface area contributed by atoms with Crippen molar-refractivity contribution < 1.29 is 14.2 Å². The fourth-order valence-electron chi connectivity index (χ4n) is 2.41. The van der Waals surface area contributed by atoms with E-state index in [2.05, 4.69) is 10.3 Å². The average Bonchev–Trinajstić information content (AvgIpc) is 2.71. The summed E-state index contributed by atoms with van der Waals surface area (Å²) in [7, 11) is 1.63. The fraction of sp³-hybridized carbons (Fsp3) is 0.190. The van der Waals surface area contributed by atoms with Gasteiger partial charge in [0.1, 0.15) is 24.8 Å². The van der Waals surface area contributed by atoms with Gasteiger partial charge in [-0.25, -0.2) is 4.98 Å². The zero-order chi connectivity index (χ0) is 18.0. The molecular formula is C21H22N2O3. The lowest BCUT2D eigenvalue weighted by Gasteiger charge is -2.11. The van der Waals surface area contributed by atoms with Gasteiger partial charge < -0.3 is 19.5 Å². The lowest BCUT2D eigenvalue weighted by molar-refractivity contribution is 0.211. The molecule has 1 heterocycles. The zero-order valence-corrected chi connectivity index (χ0v) is 14.7. The SMILES string of the molecule is COc1ccccc1OCCOc1ccc(CNc2ccccn2)cc1. The predicted molar refractivity (Wildman–Crippen MR) is 102 cm³/mol. The second-order valence-electron chi connectivity index (χ2n) is 5.56. The number of anilines is 1. The van der Waals surface area contributed by atoms with Gasteiger partial charge in [-0.2, -0.15) is 0 Å². The minimum Gasteiger partial charge on any atom is -0.493 e. The van der Waals surface area contributed by atoms with E-state index in [1.165, 1.54) is 0 Å². The van der Waals surface area contributed by atoms with E-state index in [9.17, 15) is 0 Å². The molecule has 1 aromatic heterocycles. The highest BCUT2D eigenvalue weighted by molar-refractivity contribution is 5.39. The Kier molecular flexibility index (Phi) is 6.31. The van der Waals surface area contributed by atoms with E-state index in [1.807, 2.05) is 66.7 Å². The molecule has 134 valence electrons. The van der Waals surface area contributed by atoms with Gasteiger partial charge in [0.25, 0.3) is 0 Å². The van der Waals surface area contributed by atoms with Crippen molar-refractivity contribution in [1.82, 2.24) is 4.98 Å². The van der Waals surface area contributed by atoms with Crippen LogP contribution in [0.2, 0.25) is 0 Å². The van der Waals surface area contributed by atoms with Crippen LogP contribution in [-0.4, -0.2) is 25.3 Å². The smallest absolute Gasteiger partial charge is 0.161 e. The van der Waals surface area contributed by atoms with Gasteiger partial charge in [-0.1, -0.05) is 30.3 Å². The Hall–Kier alpha value is -3.21. The Morgan fingerprint density at radius 2 is 1.54 bits per heavy atom. The standard InChI is InChI=1S/C21H22N2O3/c1-24-19-6-2-3-7-20(19)26-15-14-25-18-11-9-17(10-12-18)16-23-21-8-4-5-13-22-21/h2-13H,14-16H2,1H3,(H,22,23). The Bertz CT molecular complexity index is 792. The Morgan fingerprint density at radius 3 is 2.27 bits per heavy atom. The summed E-state index contributed by atoms with van der Waals surface area (Å²) in [4.78, 5) is 4.24. The number of pyridine rings is 1. The number of methoxy groups -OCH3 is 1. The summed E-state index contributed by atoms with van der Waals surface area (Å²) in [6, 6.07) is 21.3. The summed E-state index contributed by atoms with van der Waals surface area (Å²) in [6.45, 7) is 1.63. The molecule has 0 unspecified atom stereocenters. The lowest BCUT2D eigenvalue weighted by Crippen LogP contribution is -2.09. The number of para-hydroxylation sites is 2. The van der Waals surface area contributed by atoms with Gasteiger partial charge in [-0.3, -0.25) is 0 Å². The van der Waals surface area contributed by atoms with Crippen molar-refractivity contribution >= 4 is 5.82 Å². The van der Waals surface area contributed by atoms with Gasteiger partial charge in [0.2, 0.25) is 0 Å². The summed E-state index contributed by atoms with van der Waals surface area (Å²) >= 11 is 0. The summed E-state index contributed by atoms with van der Waals surface area (Å²) in [5.41, 5.74) is 1.16. The van der Waals surface area contributed by atoms with Crippen molar-refractivity contribution in [3.8, 4) is 17.2 Å². The number of benzene rings is 2. The van der Waals surface area contributed by atoms with Crippen LogP contribution in [0.3, 0.4) is 0 Å². The molecule has 0 aliphatic carbocycles. The first kappa shape index (κ1) is 17.6. The van der Waals surface area contributed by atoms with E-state index >= 15 is 0 Å². The van der Waals surface area contributed by atoms with Gasteiger partial charge in [0, 0.05) is 12.7 Å². The van der Waals surface area contributed by atoms with E-state index in [4.69, 9.17) is 14.2 Å². The van der Waals surface area contributed by atoms with Crippen LogP contribution in [0.5, 0.6) is 17.2 Å². The minimum absolute atomic E-state index is 0.448. The van der Waals surface area contributed by atoms with Gasteiger partial charge in [-0.05, 0) is 42.0 Å². The zero-order valence-electron chi connectivity index (χ0n) is 14.7. The summed E-state index contributed by atoms with van der Waals surface area (Å²) in [5.74, 6) is 3.11. The molecule has 26 heavy (non-hydrogen) atoms. The Balaban J connectivity index is 1.41. The van der Waals surface area contributed by atoms with Crippen LogP contribution in [0, 0.1) is 0 Å². The Labute approximate surface area is 153 Å². The van der Waals surface area contributed by atoms with E-state index in [0.717, 1.165) is 28.6 Å². The van der Waals surface area contributed by atoms with Crippen LogP contribution in [0.15, 0.2) is 72.9 Å². The molecule has 0 radical (unpaired) electrons. The summed E-state index contributed by atoms with van der Waals surface area (Å²) in [5, 5.41) is 3.28. The third-order valence-electron chi connectivity index (χ3n) is 3.74. The van der Waals surface area contributed by atoms with Crippen LogP contribution in [0.1, 0.15) is 5.56 Å². The molecule has 5 nitrogen and oxygen atoms in total. The quantitative estimate of drug-likeness (QED) is 0.587. The van der Waals surface area contributed by atoms with E-state index in [1.54, 1.807) is 13.3 Å². The molecule has 1 N–H and O–H groups in total. The van der Waals surface area contributed by atoms with Crippen molar-refractivity contribution in [2.75, 3.05) is 25.6 Å². The second kappa shape index (κ2) is 9.32. The van der Waals surface area contributed by atoms with Crippen molar-refractivity contribution in [3.05, 3.63) is 78.5 Å². The molecule has 5 heteroatoms. The first-order chi connectivity index (χ1) is 12.8. The third-order valence-corrected chi connectivity index (χ3v) is 3.74. The summed E-state index contributed by atoms with van der Waals surface area (Å²) < 4.78 is 16.7. The van der Waals surface area contributed by atoms with E-state index in [-0.39, 0.29) is 0 Å². The number of ether oxygens (including phenoxy) is 3. The van der Waals surface area contributed by atoms with Gasteiger partial charge in [0.05, 0.1) is 7.11 Å². The van der Waals surface area contributed by atoms with E-state index in [0.29, 0.717) is 19.8 Å². The maximum absolute atomic E-state index is 5.72. The van der Waals surface area contributed by atoms with Crippen LogP contribution in [0.25, 0.3) is 0 Å². The van der Waals surface area contributed by atoms with Crippen LogP contribution in [-0.2, 0) is 6.54 Å². The summed E-state index contributed by atoms with van der Waals surface area (Å²) in [6.07, 6.45) is 1.77. The first-order valence-corrected chi connectivity index (χ1v) is 8.47. The highest BCUT2D eigenvalue weighted by Crippen LogP contribution is 2.25. The molecule has 0 aliphatic rings. The molecule has 3 rings (SSSR count). The predicted octanol–water partition coefficient (Wildman–Crippen LogP) is 4.16. The van der Waals surface area contributed by atoms with Crippen molar-refractivity contribution in [2.24, 2.45) is 0 Å². The molecule has 2 aromatic carbocycles. The average molecular weight is 350 g/mol. The second-order valence-corrected chi connectivity index (χ2v) is 5.56. The van der Waals surface area contributed by atoms with Crippen LogP contribution >= 0.6 is 0 Å². The van der Waals surface area contributed by atoms with Crippen LogP contribution in [0.4, 0.5) is 5.82 Å². The van der Waals surface area contributed by atoms with Gasteiger partial charge in [-0.15, -0.1) is 0 Å². The maximum atomic E-state index is 5.72. The molecule has 0 fully saturated rings. The molecule has 0 amide bonds. The van der Waals surface area contributed by atoms with Gasteiger partial charge >= 0.3 is 0 Å². The van der Waals surface area contributed by atoms with Crippen LogP contribution < -0.4 is 19.5 Å².